The molecule has 6 nitrogen and oxygen atoms in total. The van der Waals surface area contributed by atoms with Gasteiger partial charge in [0.25, 0.3) is 0 Å². The van der Waals surface area contributed by atoms with E-state index in [0.29, 0.717) is 6.61 Å². The van der Waals surface area contributed by atoms with E-state index in [0.717, 1.165) is 0 Å². The summed E-state index contributed by atoms with van der Waals surface area (Å²) in [4.78, 5) is 8.91. The van der Waals surface area contributed by atoms with Crippen molar-refractivity contribution in [3.05, 3.63) is 0 Å². The van der Waals surface area contributed by atoms with Crippen LogP contribution in [0.5, 0.6) is 0 Å². The molecule has 0 aliphatic rings. The Hall–Kier alpha value is -0.240. The first-order valence-corrected chi connectivity index (χ1v) is 4.03. The van der Waals surface area contributed by atoms with E-state index in [1.165, 1.54) is 0 Å². The van der Waals surface area contributed by atoms with Gasteiger partial charge in [-0.15, -0.1) is 0 Å². The van der Waals surface area contributed by atoms with E-state index in [1.807, 2.05) is 0 Å². The fraction of sp³-hybridized carbons (Fsp3) is 1.00. The van der Waals surface area contributed by atoms with E-state index in [1.54, 1.807) is 6.92 Å². The van der Waals surface area contributed by atoms with Crippen LogP contribution >= 0.6 is 0 Å². The SMILES string of the molecule is CCOOC[C@H](O)[C@@H](O)[C@H](O)CO. The predicted molar refractivity (Wildman–Crippen MR) is 42.7 cm³/mol. The van der Waals surface area contributed by atoms with Crippen molar-refractivity contribution in [3.8, 4) is 0 Å². The van der Waals surface area contributed by atoms with Crippen molar-refractivity contribution in [2.75, 3.05) is 19.8 Å². The maximum absolute atomic E-state index is 9.12. The highest BCUT2D eigenvalue weighted by atomic mass is 17.2. The van der Waals surface area contributed by atoms with Gasteiger partial charge in [0.1, 0.15) is 24.9 Å². The van der Waals surface area contributed by atoms with Gasteiger partial charge in [-0.05, 0) is 6.92 Å². The molecule has 0 amide bonds. The van der Waals surface area contributed by atoms with Gasteiger partial charge in [0, 0.05) is 0 Å². The summed E-state index contributed by atoms with van der Waals surface area (Å²) in [6.45, 7) is 1.15. The number of rotatable bonds is 7. The third kappa shape index (κ3) is 5.14. The number of hydrogen-bond acceptors (Lipinski definition) is 6. The van der Waals surface area contributed by atoms with Crippen LogP contribution in [0.3, 0.4) is 0 Å². The molecule has 13 heavy (non-hydrogen) atoms. The van der Waals surface area contributed by atoms with Crippen molar-refractivity contribution in [3.63, 3.8) is 0 Å². The molecule has 0 heterocycles. The zero-order valence-electron chi connectivity index (χ0n) is 7.46. The smallest absolute Gasteiger partial charge is 0.111 e. The molecule has 0 fully saturated rings. The maximum Gasteiger partial charge on any atom is 0.111 e. The van der Waals surface area contributed by atoms with E-state index in [-0.39, 0.29) is 6.61 Å². The lowest BCUT2D eigenvalue weighted by Gasteiger charge is -2.20. The molecule has 4 N–H and O–H groups in total. The van der Waals surface area contributed by atoms with E-state index in [4.69, 9.17) is 20.4 Å². The van der Waals surface area contributed by atoms with Gasteiger partial charge >= 0.3 is 0 Å². The van der Waals surface area contributed by atoms with Crippen LogP contribution in [0.4, 0.5) is 0 Å². The topological polar surface area (TPSA) is 99.4 Å². The Morgan fingerprint density at radius 1 is 1.08 bits per heavy atom. The first kappa shape index (κ1) is 12.8. The highest BCUT2D eigenvalue weighted by Crippen LogP contribution is 2.00. The lowest BCUT2D eigenvalue weighted by molar-refractivity contribution is -0.308. The fourth-order valence-electron chi connectivity index (χ4n) is 0.664. The molecule has 0 aromatic heterocycles. The molecule has 0 aromatic carbocycles. The first-order valence-electron chi connectivity index (χ1n) is 4.03. The summed E-state index contributed by atoms with van der Waals surface area (Å²) in [7, 11) is 0. The molecular weight excluding hydrogens is 180 g/mol. The van der Waals surface area contributed by atoms with Crippen molar-refractivity contribution in [1.29, 1.82) is 0 Å². The third-order valence-corrected chi connectivity index (χ3v) is 1.42. The molecule has 0 saturated carbocycles. The monoisotopic (exact) mass is 196 g/mol. The van der Waals surface area contributed by atoms with Crippen LogP contribution in [0.2, 0.25) is 0 Å². The highest BCUT2D eigenvalue weighted by Gasteiger charge is 2.24. The Morgan fingerprint density at radius 3 is 2.15 bits per heavy atom. The van der Waals surface area contributed by atoms with Gasteiger partial charge in [0.05, 0.1) is 13.2 Å². The lowest BCUT2D eigenvalue weighted by Crippen LogP contribution is -2.41. The van der Waals surface area contributed by atoms with Gasteiger partial charge in [-0.1, -0.05) is 0 Å². The second-order valence-corrected chi connectivity index (χ2v) is 2.50. The number of hydrogen-bond donors (Lipinski definition) is 4. The minimum Gasteiger partial charge on any atom is -0.394 e. The molecule has 80 valence electrons. The zero-order chi connectivity index (χ0) is 10.3. The van der Waals surface area contributed by atoms with Gasteiger partial charge in [-0.3, -0.25) is 0 Å². The van der Waals surface area contributed by atoms with Crippen LogP contribution in [0.15, 0.2) is 0 Å². The van der Waals surface area contributed by atoms with Crippen molar-refractivity contribution in [2.45, 2.75) is 25.2 Å². The molecule has 0 rings (SSSR count). The summed E-state index contributed by atoms with van der Waals surface area (Å²) in [6, 6.07) is 0. The Labute approximate surface area is 76.3 Å². The molecule has 0 radical (unpaired) electrons. The summed E-state index contributed by atoms with van der Waals surface area (Å²) < 4.78 is 0. The van der Waals surface area contributed by atoms with Gasteiger partial charge < -0.3 is 20.4 Å². The molecule has 0 aliphatic heterocycles. The molecular formula is C7H16O6. The fourth-order valence-corrected chi connectivity index (χ4v) is 0.664. The maximum atomic E-state index is 9.12. The van der Waals surface area contributed by atoms with Crippen molar-refractivity contribution >= 4 is 0 Å². The summed E-state index contributed by atoms with van der Waals surface area (Å²) >= 11 is 0. The van der Waals surface area contributed by atoms with Gasteiger partial charge in [-0.2, -0.15) is 0 Å². The van der Waals surface area contributed by atoms with Crippen LogP contribution in [0.1, 0.15) is 6.92 Å². The quantitative estimate of drug-likeness (QED) is 0.214. The predicted octanol–water partition coefficient (Wildman–Crippen LogP) is -1.97. The van der Waals surface area contributed by atoms with Crippen LogP contribution in [-0.4, -0.2) is 58.6 Å². The van der Waals surface area contributed by atoms with Crippen molar-refractivity contribution in [2.24, 2.45) is 0 Å². The van der Waals surface area contributed by atoms with Crippen LogP contribution in [0, 0.1) is 0 Å². The molecule has 3 atom stereocenters. The van der Waals surface area contributed by atoms with Crippen molar-refractivity contribution in [1.82, 2.24) is 0 Å². The van der Waals surface area contributed by atoms with E-state index < -0.39 is 24.9 Å². The van der Waals surface area contributed by atoms with Crippen LogP contribution in [0.25, 0.3) is 0 Å². The summed E-state index contributed by atoms with van der Waals surface area (Å²) in [5.41, 5.74) is 0. The Balaban J connectivity index is 3.62. The van der Waals surface area contributed by atoms with Crippen molar-refractivity contribution < 1.29 is 30.2 Å². The average Bonchev–Trinajstić information content (AvgIpc) is 2.15. The van der Waals surface area contributed by atoms with Gasteiger partial charge in [0.2, 0.25) is 0 Å². The van der Waals surface area contributed by atoms with Gasteiger partial charge in [0.15, 0.2) is 0 Å². The Morgan fingerprint density at radius 2 is 1.69 bits per heavy atom. The molecule has 0 spiro atoms. The average molecular weight is 196 g/mol. The second-order valence-electron chi connectivity index (χ2n) is 2.50. The molecule has 0 aliphatic carbocycles. The van der Waals surface area contributed by atoms with E-state index in [2.05, 4.69) is 9.78 Å². The molecule has 6 heteroatoms. The van der Waals surface area contributed by atoms with E-state index >= 15 is 0 Å². The zero-order valence-corrected chi connectivity index (χ0v) is 7.46. The van der Waals surface area contributed by atoms with Gasteiger partial charge in [-0.25, -0.2) is 9.78 Å². The summed E-state index contributed by atoms with van der Waals surface area (Å²) in [5.74, 6) is 0. The molecule has 0 aromatic rings. The summed E-state index contributed by atoms with van der Waals surface area (Å²) in [5, 5.41) is 35.5. The molecule has 0 saturated heterocycles. The van der Waals surface area contributed by atoms with Crippen LogP contribution < -0.4 is 0 Å². The highest BCUT2D eigenvalue weighted by molar-refractivity contribution is 4.73. The first-order chi connectivity index (χ1) is 6.13. The number of aliphatic hydroxyl groups excluding tert-OH is 4. The summed E-state index contributed by atoms with van der Waals surface area (Å²) in [6.07, 6.45) is -4.10. The second kappa shape index (κ2) is 7.19. The Bertz CT molecular complexity index is 120. The number of aliphatic hydroxyl groups is 4. The Kier molecular flexibility index (Phi) is 7.06. The lowest BCUT2D eigenvalue weighted by atomic mass is 10.1. The normalized spacial score (nSPS) is 18.2. The molecule has 0 bridgehead atoms. The largest absolute Gasteiger partial charge is 0.394 e. The minimum absolute atomic E-state index is 0.258. The minimum atomic E-state index is -1.44. The standard InChI is InChI=1S/C7H16O6/c1-2-12-13-4-6(10)7(11)5(9)3-8/h5-11H,2-4H2,1H3/t5-,6+,7+/m1/s1. The molecule has 0 unspecified atom stereocenters. The third-order valence-electron chi connectivity index (χ3n) is 1.42. The van der Waals surface area contributed by atoms with Crippen LogP contribution in [-0.2, 0) is 9.78 Å². The van der Waals surface area contributed by atoms with E-state index in [9.17, 15) is 0 Å².